The van der Waals surface area contributed by atoms with Crippen LogP contribution in [-0.2, 0) is 4.74 Å². The summed E-state index contributed by atoms with van der Waals surface area (Å²) in [5, 5.41) is 8.60. The fourth-order valence-corrected chi connectivity index (χ4v) is 2.38. The van der Waals surface area contributed by atoms with Gasteiger partial charge in [0.25, 0.3) is 0 Å². The van der Waals surface area contributed by atoms with Crippen LogP contribution in [0.3, 0.4) is 0 Å². The number of rotatable bonds is 3. The summed E-state index contributed by atoms with van der Waals surface area (Å²) >= 11 is 5.87. The molecule has 1 aliphatic rings. The summed E-state index contributed by atoms with van der Waals surface area (Å²) in [7, 11) is 0. The maximum atomic E-state index is 11.1. The van der Waals surface area contributed by atoms with E-state index in [4.69, 9.17) is 16.3 Å². The number of halogens is 1. The molecule has 3 rings (SSSR count). The summed E-state index contributed by atoms with van der Waals surface area (Å²) in [5.41, 5.74) is 1.87. The van der Waals surface area contributed by atoms with Crippen molar-refractivity contribution in [3.05, 3.63) is 40.7 Å². The highest BCUT2D eigenvalue weighted by atomic mass is 35.5. The fraction of sp³-hybridized carbons (Fsp3) is 0.308. The maximum Gasteiger partial charge on any atom is 0.172 e. The van der Waals surface area contributed by atoms with Crippen molar-refractivity contribution in [1.82, 2.24) is 15.0 Å². The zero-order chi connectivity index (χ0) is 13.2. The number of nitrogens with zero attached hydrogens (tertiary/aromatic N) is 3. The Labute approximate surface area is 115 Å². The minimum atomic E-state index is -0.120. The van der Waals surface area contributed by atoms with Gasteiger partial charge in [0, 0.05) is 11.6 Å². The fourth-order valence-electron chi connectivity index (χ4n) is 2.25. The largest absolute Gasteiger partial charge is 0.372 e. The minimum Gasteiger partial charge on any atom is -0.372 e. The smallest absolute Gasteiger partial charge is 0.172 e. The van der Waals surface area contributed by atoms with E-state index in [2.05, 4.69) is 10.3 Å². The molecule has 0 amide bonds. The highest BCUT2D eigenvalue weighted by molar-refractivity contribution is 6.30. The number of carbonyl (C=O) groups excluding carboxylic acids is 1. The molecule has 0 bridgehead atoms. The Kier molecular flexibility index (Phi) is 3.31. The van der Waals surface area contributed by atoms with Crippen molar-refractivity contribution < 1.29 is 9.53 Å². The Hall–Kier alpha value is -1.72. The molecule has 1 saturated heterocycles. The molecule has 2 heterocycles. The monoisotopic (exact) mass is 277 g/mol. The van der Waals surface area contributed by atoms with Crippen molar-refractivity contribution in [2.24, 2.45) is 0 Å². The third-order valence-electron chi connectivity index (χ3n) is 3.15. The topological polar surface area (TPSA) is 57.0 Å². The van der Waals surface area contributed by atoms with E-state index in [9.17, 15) is 4.79 Å². The molecule has 5 nitrogen and oxygen atoms in total. The molecule has 0 N–H and O–H groups in total. The summed E-state index contributed by atoms with van der Waals surface area (Å²) in [5.74, 6) is 0. The van der Waals surface area contributed by atoms with Gasteiger partial charge in [-0.2, -0.15) is 0 Å². The molecule has 19 heavy (non-hydrogen) atoms. The van der Waals surface area contributed by atoms with Gasteiger partial charge in [-0.15, -0.1) is 5.10 Å². The summed E-state index contributed by atoms with van der Waals surface area (Å²) in [6.07, 6.45) is 2.46. The first-order valence-corrected chi connectivity index (χ1v) is 6.45. The number of benzene rings is 1. The lowest BCUT2D eigenvalue weighted by atomic mass is 10.1. The van der Waals surface area contributed by atoms with E-state index in [1.54, 1.807) is 16.8 Å². The van der Waals surface area contributed by atoms with Crippen LogP contribution >= 0.6 is 11.6 Å². The van der Waals surface area contributed by atoms with E-state index in [0.29, 0.717) is 17.3 Å². The highest BCUT2D eigenvalue weighted by Gasteiger charge is 2.26. The van der Waals surface area contributed by atoms with Crippen LogP contribution in [0.15, 0.2) is 24.3 Å². The van der Waals surface area contributed by atoms with Gasteiger partial charge in [-0.05, 0) is 37.1 Å². The van der Waals surface area contributed by atoms with E-state index in [0.717, 1.165) is 30.5 Å². The molecule has 1 atom stereocenters. The molecular weight excluding hydrogens is 266 g/mol. The third kappa shape index (κ3) is 2.27. The minimum absolute atomic E-state index is 0.120. The lowest BCUT2D eigenvalue weighted by Gasteiger charge is -2.12. The van der Waals surface area contributed by atoms with E-state index in [1.807, 2.05) is 12.1 Å². The van der Waals surface area contributed by atoms with Crippen molar-refractivity contribution in [1.29, 1.82) is 0 Å². The average molecular weight is 278 g/mol. The van der Waals surface area contributed by atoms with Crippen LogP contribution in [0.2, 0.25) is 5.02 Å². The van der Waals surface area contributed by atoms with Gasteiger partial charge in [0.05, 0.1) is 5.69 Å². The highest BCUT2D eigenvalue weighted by Crippen LogP contribution is 2.31. The molecule has 6 heteroatoms. The Balaban J connectivity index is 2.07. The lowest BCUT2D eigenvalue weighted by molar-refractivity contribution is 0.102. The van der Waals surface area contributed by atoms with Crippen molar-refractivity contribution in [2.45, 2.75) is 18.9 Å². The zero-order valence-electron chi connectivity index (χ0n) is 10.1. The standard InChI is InChI=1S/C13H12ClN3O2/c14-9-3-5-10(6-4-9)17-13(11(8-18)15-16-17)12-2-1-7-19-12/h3-6,8,12H,1-2,7H2. The van der Waals surface area contributed by atoms with Gasteiger partial charge >= 0.3 is 0 Å². The first kappa shape index (κ1) is 12.3. The van der Waals surface area contributed by atoms with E-state index in [1.165, 1.54) is 0 Å². The molecule has 0 radical (unpaired) electrons. The second-order valence-corrected chi connectivity index (χ2v) is 4.80. The van der Waals surface area contributed by atoms with Crippen LogP contribution in [0.25, 0.3) is 5.69 Å². The molecule has 1 aromatic carbocycles. The van der Waals surface area contributed by atoms with Gasteiger partial charge in [0.15, 0.2) is 12.0 Å². The molecule has 1 aliphatic heterocycles. The van der Waals surface area contributed by atoms with Crippen LogP contribution < -0.4 is 0 Å². The molecule has 2 aromatic rings. The molecule has 1 unspecified atom stereocenters. The number of aldehydes is 1. The molecule has 98 valence electrons. The Morgan fingerprint density at radius 1 is 1.37 bits per heavy atom. The molecule has 0 saturated carbocycles. The molecule has 0 aliphatic carbocycles. The van der Waals surface area contributed by atoms with Crippen LogP contribution in [0, 0.1) is 0 Å². The summed E-state index contributed by atoms with van der Waals surface area (Å²) in [6, 6.07) is 7.23. The second-order valence-electron chi connectivity index (χ2n) is 4.37. The van der Waals surface area contributed by atoms with Crippen LogP contribution in [0.5, 0.6) is 0 Å². The van der Waals surface area contributed by atoms with Crippen LogP contribution in [0.4, 0.5) is 0 Å². The van der Waals surface area contributed by atoms with E-state index in [-0.39, 0.29) is 6.10 Å². The van der Waals surface area contributed by atoms with E-state index >= 15 is 0 Å². The Morgan fingerprint density at radius 3 is 2.79 bits per heavy atom. The van der Waals surface area contributed by atoms with Gasteiger partial charge in [0.2, 0.25) is 0 Å². The quantitative estimate of drug-likeness (QED) is 0.809. The third-order valence-corrected chi connectivity index (χ3v) is 3.40. The second kappa shape index (κ2) is 5.11. The normalized spacial score (nSPS) is 18.7. The molecule has 1 aromatic heterocycles. The predicted octanol–water partition coefficient (Wildman–Crippen LogP) is 2.58. The Bertz CT molecular complexity index is 588. The van der Waals surface area contributed by atoms with Gasteiger partial charge in [-0.3, -0.25) is 4.79 Å². The predicted molar refractivity (Wildman–Crippen MR) is 69.7 cm³/mol. The van der Waals surface area contributed by atoms with Crippen molar-refractivity contribution >= 4 is 17.9 Å². The summed E-state index contributed by atoms with van der Waals surface area (Å²) < 4.78 is 7.29. The Morgan fingerprint density at radius 2 is 2.16 bits per heavy atom. The van der Waals surface area contributed by atoms with Crippen LogP contribution in [0.1, 0.15) is 35.1 Å². The van der Waals surface area contributed by atoms with Gasteiger partial charge < -0.3 is 4.74 Å². The van der Waals surface area contributed by atoms with Gasteiger partial charge in [-0.1, -0.05) is 16.8 Å². The average Bonchev–Trinajstić information content (AvgIpc) is 3.07. The first-order valence-electron chi connectivity index (χ1n) is 6.08. The van der Waals surface area contributed by atoms with Crippen molar-refractivity contribution in [3.63, 3.8) is 0 Å². The van der Waals surface area contributed by atoms with Crippen molar-refractivity contribution in [3.8, 4) is 5.69 Å². The number of carbonyl (C=O) groups is 1. The number of ether oxygens (including phenoxy) is 1. The zero-order valence-corrected chi connectivity index (χ0v) is 10.9. The number of aromatic nitrogens is 3. The maximum absolute atomic E-state index is 11.1. The van der Waals surface area contributed by atoms with Gasteiger partial charge in [0.1, 0.15) is 11.8 Å². The molecule has 0 spiro atoms. The first-order chi connectivity index (χ1) is 9.29. The SMILES string of the molecule is O=Cc1nnn(-c2ccc(Cl)cc2)c1C1CCCO1. The summed E-state index contributed by atoms with van der Waals surface area (Å²) in [4.78, 5) is 11.1. The van der Waals surface area contributed by atoms with Gasteiger partial charge in [-0.25, -0.2) is 4.68 Å². The molecule has 1 fully saturated rings. The lowest BCUT2D eigenvalue weighted by Crippen LogP contribution is -2.08. The number of hydrogen-bond donors (Lipinski definition) is 0. The van der Waals surface area contributed by atoms with Crippen LogP contribution in [-0.4, -0.2) is 27.9 Å². The summed E-state index contributed by atoms with van der Waals surface area (Å²) in [6.45, 7) is 0.703. The molecular formula is C13H12ClN3O2. The van der Waals surface area contributed by atoms with E-state index < -0.39 is 0 Å². The van der Waals surface area contributed by atoms with Crippen molar-refractivity contribution in [2.75, 3.05) is 6.61 Å². The number of hydrogen-bond acceptors (Lipinski definition) is 4.